The van der Waals surface area contributed by atoms with Crippen molar-refractivity contribution in [1.82, 2.24) is 5.32 Å². The van der Waals surface area contributed by atoms with Gasteiger partial charge in [0.1, 0.15) is 0 Å². The van der Waals surface area contributed by atoms with Crippen molar-refractivity contribution in [3.8, 4) is 0 Å². The molecule has 1 fully saturated rings. The molecule has 0 aliphatic carbocycles. The highest BCUT2D eigenvalue weighted by Gasteiger charge is 2.23. The van der Waals surface area contributed by atoms with Crippen molar-refractivity contribution in [1.29, 1.82) is 0 Å². The lowest BCUT2D eigenvalue weighted by atomic mass is 10.1. The molecular weight excluding hydrogens is 148 g/mol. The van der Waals surface area contributed by atoms with Crippen LogP contribution in [-0.2, 0) is 0 Å². The van der Waals surface area contributed by atoms with Gasteiger partial charge in [0, 0.05) is 12.5 Å². The largest absolute Gasteiger partial charge is 0.316 e. The highest BCUT2D eigenvalue weighted by atomic mass is 35.5. The molecule has 0 bridgehead atoms. The van der Waals surface area contributed by atoms with E-state index in [1.165, 1.54) is 0 Å². The Balaban J connectivity index is 0.000000640. The Kier molecular flexibility index (Phi) is 4.06. The van der Waals surface area contributed by atoms with E-state index in [0.29, 0.717) is 13.0 Å². The van der Waals surface area contributed by atoms with Crippen LogP contribution in [0.2, 0.25) is 0 Å². The quantitative estimate of drug-likeness (QED) is 0.605. The summed E-state index contributed by atoms with van der Waals surface area (Å²) in [6, 6.07) is 0. The fourth-order valence-corrected chi connectivity index (χ4v) is 0.892. The molecule has 1 nitrogen and oxygen atoms in total. The molecule has 0 aromatic heterocycles. The lowest BCUT2D eigenvalue weighted by molar-refractivity contribution is 0.0872. The maximum absolute atomic E-state index is 11.7. The van der Waals surface area contributed by atoms with Crippen molar-refractivity contribution in [3.63, 3.8) is 0 Å². The minimum absolute atomic E-state index is 0. The monoisotopic (exact) mass is 157 g/mol. The summed E-state index contributed by atoms with van der Waals surface area (Å²) in [6.45, 7) is 1.26. The maximum Gasteiger partial charge on any atom is 0.242 e. The van der Waals surface area contributed by atoms with Crippen molar-refractivity contribution in [2.24, 2.45) is 5.92 Å². The van der Waals surface area contributed by atoms with Crippen LogP contribution in [0.25, 0.3) is 0 Å². The molecule has 1 saturated heterocycles. The van der Waals surface area contributed by atoms with Gasteiger partial charge in [0.25, 0.3) is 0 Å². The lowest BCUT2D eigenvalue weighted by Crippen LogP contribution is -2.14. The number of nitrogens with one attached hydrogen (secondary N) is 1. The van der Waals surface area contributed by atoms with Crippen molar-refractivity contribution in [2.45, 2.75) is 12.8 Å². The number of hydrogen-bond acceptors (Lipinski definition) is 1. The molecule has 0 spiro atoms. The summed E-state index contributed by atoms with van der Waals surface area (Å²) in [5.41, 5.74) is 0. The summed E-state index contributed by atoms with van der Waals surface area (Å²) in [5, 5.41) is 2.87. The number of rotatable bonds is 1. The molecule has 1 rings (SSSR count). The molecule has 4 heteroatoms. The van der Waals surface area contributed by atoms with Gasteiger partial charge in [-0.15, -0.1) is 12.4 Å². The van der Waals surface area contributed by atoms with Crippen LogP contribution < -0.4 is 5.32 Å². The molecule has 0 amide bonds. The van der Waals surface area contributed by atoms with Crippen molar-refractivity contribution < 1.29 is 8.78 Å². The third-order valence-corrected chi connectivity index (χ3v) is 1.45. The van der Waals surface area contributed by atoms with Crippen LogP contribution in [0.5, 0.6) is 0 Å². The number of alkyl halides is 2. The van der Waals surface area contributed by atoms with Gasteiger partial charge in [0.05, 0.1) is 0 Å². The molecular formula is C5H10ClF2N. The molecule has 1 aliphatic heterocycles. The standard InChI is InChI=1S/C5H9F2N.ClH/c6-5(7)4-1-2-8-3-4;/h4-5,8H,1-3H2;1H. The first-order valence-electron chi connectivity index (χ1n) is 2.79. The summed E-state index contributed by atoms with van der Waals surface area (Å²) >= 11 is 0. The predicted octanol–water partition coefficient (Wildman–Crippen LogP) is 1.28. The molecule has 1 atom stereocenters. The van der Waals surface area contributed by atoms with Crippen LogP contribution in [-0.4, -0.2) is 19.5 Å². The Morgan fingerprint density at radius 2 is 2.11 bits per heavy atom. The van der Waals surface area contributed by atoms with E-state index < -0.39 is 6.43 Å². The van der Waals surface area contributed by atoms with Crippen LogP contribution in [0.4, 0.5) is 8.78 Å². The first kappa shape index (κ1) is 9.11. The Labute approximate surface area is 59.2 Å². The number of hydrogen-bond donors (Lipinski definition) is 1. The molecule has 0 aromatic carbocycles. The average molecular weight is 158 g/mol. The summed E-state index contributed by atoms with van der Waals surface area (Å²) < 4.78 is 23.4. The zero-order chi connectivity index (χ0) is 5.98. The van der Waals surface area contributed by atoms with Crippen LogP contribution >= 0.6 is 12.4 Å². The fourth-order valence-electron chi connectivity index (χ4n) is 0.892. The molecule has 0 radical (unpaired) electrons. The Bertz CT molecular complexity index is 73.4. The van der Waals surface area contributed by atoms with Crippen LogP contribution in [0.15, 0.2) is 0 Å². The molecule has 0 saturated carbocycles. The molecule has 1 unspecified atom stereocenters. The van der Waals surface area contributed by atoms with Gasteiger partial charge in [0.15, 0.2) is 0 Å². The third-order valence-electron chi connectivity index (χ3n) is 1.45. The van der Waals surface area contributed by atoms with E-state index in [0.717, 1.165) is 6.54 Å². The molecule has 1 heterocycles. The highest BCUT2D eigenvalue weighted by Crippen LogP contribution is 2.15. The van der Waals surface area contributed by atoms with E-state index in [2.05, 4.69) is 5.32 Å². The summed E-state index contributed by atoms with van der Waals surface area (Å²) in [6.07, 6.45) is -1.48. The molecule has 9 heavy (non-hydrogen) atoms. The minimum Gasteiger partial charge on any atom is -0.316 e. The highest BCUT2D eigenvalue weighted by molar-refractivity contribution is 5.85. The van der Waals surface area contributed by atoms with Gasteiger partial charge in [-0.05, 0) is 13.0 Å². The first-order chi connectivity index (χ1) is 3.80. The second kappa shape index (κ2) is 4.01. The third kappa shape index (κ3) is 2.45. The second-order valence-electron chi connectivity index (χ2n) is 2.09. The predicted molar refractivity (Wildman–Crippen MR) is 34.2 cm³/mol. The average Bonchev–Trinajstić information content (AvgIpc) is 2.12. The van der Waals surface area contributed by atoms with Crippen LogP contribution in [0.1, 0.15) is 6.42 Å². The van der Waals surface area contributed by atoms with Crippen molar-refractivity contribution >= 4 is 12.4 Å². The van der Waals surface area contributed by atoms with E-state index in [1.54, 1.807) is 0 Å². The summed E-state index contributed by atoms with van der Waals surface area (Å²) in [4.78, 5) is 0. The van der Waals surface area contributed by atoms with E-state index in [-0.39, 0.29) is 18.3 Å². The molecule has 0 aromatic rings. The van der Waals surface area contributed by atoms with E-state index >= 15 is 0 Å². The summed E-state index contributed by atoms with van der Waals surface area (Å²) in [5.74, 6) is -0.380. The normalized spacial score (nSPS) is 26.3. The van der Waals surface area contributed by atoms with Gasteiger partial charge < -0.3 is 5.32 Å². The number of halogens is 3. The smallest absolute Gasteiger partial charge is 0.242 e. The molecule has 1 N–H and O–H groups in total. The SMILES string of the molecule is Cl.FC(F)C1CCNC1. The Hall–Kier alpha value is 0.110. The lowest BCUT2D eigenvalue weighted by Gasteiger charge is -2.03. The summed E-state index contributed by atoms with van der Waals surface area (Å²) in [7, 11) is 0. The van der Waals surface area contributed by atoms with Crippen LogP contribution in [0.3, 0.4) is 0 Å². The molecule has 1 aliphatic rings. The van der Waals surface area contributed by atoms with Gasteiger partial charge in [-0.1, -0.05) is 0 Å². The van der Waals surface area contributed by atoms with E-state index in [9.17, 15) is 8.78 Å². The Morgan fingerprint density at radius 1 is 1.44 bits per heavy atom. The van der Waals surface area contributed by atoms with Gasteiger partial charge in [0.2, 0.25) is 6.43 Å². The second-order valence-corrected chi connectivity index (χ2v) is 2.09. The van der Waals surface area contributed by atoms with E-state index in [1.807, 2.05) is 0 Å². The topological polar surface area (TPSA) is 12.0 Å². The van der Waals surface area contributed by atoms with Crippen LogP contribution in [0, 0.1) is 5.92 Å². The van der Waals surface area contributed by atoms with Gasteiger partial charge in [-0.3, -0.25) is 0 Å². The van der Waals surface area contributed by atoms with Crippen molar-refractivity contribution in [3.05, 3.63) is 0 Å². The zero-order valence-electron chi connectivity index (χ0n) is 4.94. The zero-order valence-corrected chi connectivity index (χ0v) is 5.76. The first-order valence-corrected chi connectivity index (χ1v) is 2.79. The van der Waals surface area contributed by atoms with Gasteiger partial charge in [-0.25, -0.2) is 8.78 Å². The van der Waals surface area contributed by atoms with E-state index in [4.69, 9.17) is 0 Å². The van der Waals surface area contributed by atoms with Crippen molar-refractivity contribution in [2.75, 3.05) is 13.1 Å². The fraction of sp³-hybridized carbons (Fsp3) is 1.00. The minimum atomic E-state index is -2.12. The van der Waals surface area contributed by atoms with Gasteiger partial charge >= 0.3 is 0 Å². The Morgan fingerprint density at radius 3 is 2.33 bits per heavy atom. The van der Waals surface area contributed by atoms with Gasteiger partial charge in [-0.2, -0.15) is 0 Å². The molecule has 56 valence electrons. The maximum atomic E-state index is 11.7.